The Balaban J connectivity index is 0.00000144. The molecule has 0 N–H and O–H groups in total. The maximum absolute atomic E-state index is 4.60. The van der Waals surface area contributed by atoms with E-state index in [-0.39, 0.29) is 24.8 Å². The van der Waals surface area contributed by atoms with Crippen molar-refractivity contribution in [1.29, 1.82) is 0 Å². The van der Waals surface area contributed by atoms with Crippen molar-refractivity contribution in [1.82, 2.24) is 0 Å². The van der Waals surface area contributed by atoms with Crippen LogP contribution in [0.2, 0.25) is 0 Å². The van der Waals surface area contributed by atoms with Gasteiger partial charge < -0.3 is 0 Å². The van der Waals surface area contributed by atoms with Gasteiger partial charge in [-0.1, -0.05) is 0 Å². The number of hydrogen-bond donors (Lipinski definition) is 0. The summed E-state index contributed by atoms with van der Waals surface area (Å²) in [6.07, 6.45) is 9.24. The van der Waals surface area contributed by atoms with Gasteiger partial charge >= 0.3 is 107 Å². The van der Waals surface area contributed by atoms with Crippen LogP contribution in [0.15, 0.2) is 42.0 Å². The van der Waals surface area contributed by atoms with Crippen LogP contribution in [0.3, 0.4) is 0 Å². The Morgan fingerprint density at radius 2 is 1.22 bits per heavy atom. The molecule has 2 atom stereocenters. The zero-order valence-corrected chi connectivity index (χ0v) is 15.6. The Labute approximate surface area is 131 Å². The van der Waals surface area contributed by atoms with E-state index in [9.17, 15) is 0 Å². The molecule has 0 saturated heterocycles. The van der Waals surface area contributed by atoms with Gasteiger partial charge in [0.1, 0.15) is 0 Å². The average molecular weight is 364 g/mol. The number of hydrogen-bond acceptors (Lipinski definition) is 0. The first kappa shape index (κ1) is 18.3. The van der Waals surface area contributed by atoms with Crippen LogP contribution >= 0.6 is 24.8 Å². The molecule has 18 heavy (non-hydrogen) atoms. The predicted octanol–water partition coefficient (Wildman–Crippen LogP) is 4.84. The van der Waals surface area contributed by atoms with Crippen molar-refractivity contribution in [3.63, 3.8) is 0 Å². The molecule has 0 aliphatic heterocycles. The number of rotatable bonds is 2. The minimum atomic E-state index is -1.78. The second kappa shape index (κ2) is 7.18. The molecule has 3 heteroatoms. The van der Waals surface area contributed by atoms with Gasteiger partial charge in [0.25, 0.3) is 0 Å². The fourth-order valence-electron chi connectivity index (χ4n) is 2.84. The van der Waals surface area contributed by atoms with E-state index in [0.29, 0.717) is 11.8 Å². The van der Waals surface area contributed by atoms with Gasteiger partial charge in [-0.3, -0.25) is 0 Å². The van der Waals surface area contributed by atoms with Crippen LogP contribution in [0.4, 0.5) is 0 Å². The van der Waals surface area contributed by atoms with Crippen molar-refractivity contribution in [2.45, 2.75) is 27.7 Å². The SMILES string of the molecule is Cl.Cl.[CH2]=[Zr]([C]1=C(C)C=CC1C)[C]1=C(C)C=CC1C. The minimum absolute atomic E-state index is 0. The molecule has 0 bridgehead atoms. The van der Waals surface area contributed by atoms with Gasteiger partial charge in [-0.2, -0.15) is 0 Å². The van der Waals surface area contributed by atoms with E-state index in [1.165, 1.54) is 11.1 Å². The molecular weight excluding hydrogens is 342 g/mol. The summed E-state index contributed by atoms with van der Waals surface area (Å²) in [5.41, 5.74) is 2.99. The van der Waals surface area contributed by atoms with Gasteiger partial charge in [-0.25, -0.2) is 0 Å². The molecule has 0 radical (unpaired) electrons. The van der Waals surface area contributed by atoms with Gasteiger partial charge in [-0.15, -0.1) is 24.8 Å². The molecule has 2 aliphatic carbocycles. The first-order valence-corrected chi connectivity index (χ1v) is 10.2. The van der Waals surface area contributed by atoms with Crippen molar-refractivity contribution < 1.29 is 21.3 Å². The molecule has 2 aliphatic rings. The molecular formula is C15H22Cl2Zr. The summed E-state index contributed by atoms with van der Waals surface area (Å²) in [5, 5.41) is 0. The molecule has 0 aromatic rings. The van der Waals surface area contributed by atoms with Gasteiger partial charge in [0.2, 0.25) is 0 Å². The second-order valence-corrected chi connectivity index (χ2v) is 9.97. The van der Waals surface area contributed by atoms with Gasteiger partial charge in [0, 0.05) is 0 Å². The van der Waals surface area contributed by atoms with E-state index in [0.717, 1.165) is 0 Å². The van der Waals surface area contributed by atoms with E-state index >= 15 is 0 Å². The molecule has 0 aromatic carbocycles. The Bertz CT molecular complexity index is 425. The molecule has 0 amide bonds. The van der Waals surface area contributed by atoms with Crippen LogP contribution < -0.4 is 0 Å². The van der Waals surface area contributed by atoms with Gasteiger partial charge in [0.15, 0.2) is 0 Å². The van der Waals surface area contributed by atoms with Crippen LogP contribution in [0.25, 0.3) is 0 Å². The summed E-state index contributed by atoms with van der Waals surface area (Å²) in [5.74, 6) is 1.28. The van der Waals surface area contributed by atoms with Crippen molar-refractivity contribution in [2.24, 2.45) is 11.8 Å². The third-order valence-corrected chi connectivity index (χ3v) is 11.1. The quantitative estimate of drug-likeness (QED) is 0.658. The van der Waals surface area contributed by atoms with Crippen molar-refractivity contribution in [3.8, 4) is 0 Å². The maximum atomic E-state index is 4.60. The summed E-state index contributed by atoms with van der Waals surface area (Å²) in [4.78, 5) is 0. The Morgan fingerprint density at radius 3 is 1.44 bits per heavy atom. The topological polar surface area (TPSA) is 0 Å². The summed E-state index contributed by atoms with van der Waals surface area (Å²) in [6.45, 7) is 9.14. The van der Waals surface area contributed by atoms with Crippen molar-refractivity contribution in [3.05, 3.63) is 42.0 Å². The standard InChI is InChI=1S/2C7H9.CH2.2ClH.Zr/c2*1-6-3-4-7(2)5-6;;;;/h2*3-4,6H,1-2H3;1H2;2*1H;. The summed E-state index contributed by atoms with van der Waals surface area (Å²) in [6, 6.07) is 0. The summed E-state index contributed by atoms with van der Waals surface area (Å²) >= 11 is -1.78. The van der Waals surface area contributed by atoms with Crippen LogP contribution in [-0.2, 0) is 21.3 Å². The summed E-state index contributed by atoms with van der Waals surface area (Å²) in [7, 11) is 0. The van der Waals surface area contributed by atoms with E-state index in [4.69, 9.17) is 0 Å². The Morgan fingerprint density at radius 1 is 0.889 bits per heavy atom. The normalized spacial score (nSPS) is 25.3. The van der Waals surface area contributed by atoms with Crippen LogP contribution in [-0.4, -0.2) is 4.21 Å². The molecule has 0 fully saturated rings. The molecule has 0 nitrogen and oxygen atoms in total. The van der Waals surface area contributed by atoms with Gasteiger partial charge in [-0.05, 0) is 0 Å². The predicted molar refractivity (Wildman–Crippen MR) is 83.6 cm³/mol. The third-order valence-electron chi connectivity index (χ3n) is 3.68. The molecule has 0 aromatic heterocycles. The second-order valence-electron chi connectivity index (χ2n) is 4.97. The number of halogens is 2. The van der Waals surface area contributed by atoms with E-state index in [1.807, 2.05) is 0 Å². The zero-order chi connectivity index (χ0) is 11.9. The average Bonchev–Trinajstić information content (AvgIpc) is 2.71. The fraction of sp³-hybridized carbons (Fsp3) is 0.400. The van der Waals surface area contributed by atoms with Crippen LogP contribution in [0.1, 0.15) is 27.7 Å². The number of allylic oxidation sites excluding steroid dienone is 8. The first-order chi connectivity index (χ1) is 7.52. The molecule has 0 saturated carbocycles. The van der Waals surface area contributed by atoms with Crippen molar-refractivity contribution in [2.75, 3.05) is 0 Å². The molecule has 0 heterocycles. The molecule has 100 valence electrons. The van der Waals surface area contributed by atoms with Crippen LogP contribution in [0.5, 0.6) is 0 Å². The van der Waals surface area contributed by atoms with Gasteiger partial charge in [0.05, 0.1) is 0 Å². The molecule has 2 unspecified atom stereocenters. The molecule has 2 rings (SSSR count). The Kier molecular flexibility index (Phi) is 7.29. The van der Waals surface area contributed by atoms with E-state index < -0.39 is 21.3 Å². The monoisotopic (exact) mass is 362 g/mol. The fourth-order valence-corrected chi connectivity index (χ4v) is 9.48. The first-order valence-electron chi connectivity index (χ1n) is 6.00. The van der Waals surface area contributed by atoms with Crippen molar-refractivity contribution >= 4 is 29.0 Å². The third kappa shape index (κ3) is 3.24. The van der Waals surface area contributed by atoms with Crippen LogP contribution in [0, 0.1) is 11.8 Å². The zero-order valence-electron chi connectivity index (χ0n) is 11.5. The Hall–Kier alpha value is 0.293. The van der Waals surface area contributed by atoms with E-state index in [1.54, 1.807) is 6.56 Å². The summed E-state index contributed by atoms with van der Waals surface area (Å²) < 4.78 is 8.01. The van der Waals surface area contributed by atoms with E-state index in [2.05, 4.69) is 56.2 Å². The molecule has 0 spiro atoms.